The molecular weight excluding hydrogens is 691 g/mol. The summed E-state index contributed by atoms with van der Waals surface area (Å²) in [6.07, 6.45) is 0. The Kier molecular flexibility index (Phi) is 7.55. The second kappa shape index (κ2) is 13.0. The van der Waals surface area contributed by atoms with Gasteiger partial charge in [-0.25, -0.2) is 0 Å². The molecule has 0 amide bonds. The summed E-state index contributed by atoms with van der Waals surface area (Å²) in [7, 11) is 0. The molecule has 0 N–H and O–H groups in total. The molecule has 10 aromatic rings. The van der Waals surface area contributed by atoms with Crippen LogP contribution in [-0.4, -0.2) is 0 Å². The van der Waals surface area contributed by atoms with Gasteiger partial charge in [0, 0.05) is 33.1 Å². The second-order valence-electron chi connectivity index (χ2n) is 15.7. The molecule has 0 aliphatic heterocycles. The van der Waals surface area contributed by atoms with E-state index in [1.807, 2.05) is 12.1 Å². The Balaban J connectivity index is 1.12. The summed E-state index contributed by atoms with van der Waals surface area (Å²) in [6, 6.07) is 72.8. The van der Waals surface area contributed by atoms with Crippen LogP contribution in [0.2, 0.25) is 0 Å². The zero-order valence-corrected chi connectivity index (χ0v) is 31.9. The van der Waals surface area contributed by atoms with Crippen LogP contribution >= 0.6 is 0 Å². The van der Waals surface area contributed by atoms with Gasteiger partial charge >= 0.3 is 0 Å². The molecule has 2 heteroatoms. The maximum Gasteiger partial charge on any atom is 0.136 e. The molecule has 1 heterocycles. The maximum absolute atomic E-state index is 6.35. The Bertz CT molecular complexity index is 3180. The highest BCUT2D eigenvalue weighted by Crippen LogP contribution is 2.54. The fraction of sp³-hybridized carbons (Fsp3) is 0.0545. The van der Waals surface area contributed by atoms with Crippen molar-refractivity contribution >= 4 is 49.8 Å². The van der Waals surface area contributed by atoms with Crippen LogP contribution in [-0.2, 0) is 5.41 Å². The van der Waals surface area contributed by atoms with Crippen molar-refractivity contribution in [2.45, 2.75) is 19.3 Å². The van der Waals surface area contributed by atoms with Crippen LogP contribution in [0, 0.1) is 0 Å². The first-order valence-electron chi connectivity index (χ1n) is 19.8. The van der Waals surface area contributed by atoms with E-state index >= 15 is 0 Å². The van der Waals surface area contributed by atoms with Gasteiger partial charge in [-0.15, -0.1) is 0 Å². The minimum Gasteiger partial charge on any atom is -0.456 e. The summed E-state index contributed by atoms with van der Waals surface area (Å²) in [4.78, 5) is 2.44. The van der Waals surface area contributed by atoms with E-state index in [2.05, 4.69) is 207 Å². The normalized spacial score (nSPS) is 12.9. The lowest BCUT2D eigenvalue weighted by Gasteiger charge is -2.29. The smallest absolute Gasteiger partial charge is 0.136 e. The first kappa shape index (κ1) is 33.2. The molecule has 0 spiro atoms. The highest BCUT2D eigenvalue weighted by molar-refractivity contribution is 6.06. The fourth-order valence-corrected chi connectivity index (χ4v) is 9.32. The van der Waals surface area contributed by atoms with Crippen molar-refractivity contribution in [2.75, 3.05) is 4.90 Å². The molecule has 1 aliphatic carbocycles. The summed E-state index contributed by atoms with van der Waals surface area (Å²) in [6.45, 7) is 4.71. The summed E-state index contributed by atoms with van der Waals surface area (Å²) < 4.78 is 6.35. The highest BCUT2D eigenvalue weighted by Gasteiger charge is 2.37. The number of rotatable bonds is 6. The number of benzene rings is 9. The van der Waals surface area contributed by atoms with Crippen molar-refractivity contribution in [3.63, 3.8) is 0 Å². The van der Waals surface area contributed by atoms with Gasteiger partial charge in [-0.1, -0.05) is 166 Å². The predicted molar refractivity (Wildman–Crippen MR) is 240 cm³/mol. The van der Waals surface area contributed by atoms with Crippen molar-refractivity contribution in [3.8, 4) is 44.5 Å². The van der Waals surface area contributed by atoms with Gasteiger partial charge in [-0.05, 0) is 109 Å². The van der Waals surface area contributed by atoms with Crippen molar-refractivity contribution in [2.24, 2.45) is 0 Å². The summed E-state index contributed by atoms with van der Waals surface area (Å²) in [5.74, 6) is 0. The van der Waals surface area contributed by atoms with Crippen molar-refractivity contribution in [1.82, 2.24) is 0 Å². The van der Waals surface area contributed by atoms with E-state index in [0.29, 0.717) is 0 Å². The molecular formula is C55H39NO. The SMILES string of the molecule is CC1(C)c2ccccc2-c2c(-c3ccccc3N(c3cccc(-c4ccc5c(c4)oc4ccccc45)c3)c3cccc(-c4cccc5ccccc45)c3)cccc21. The fourth-order valence-electron chi connectivity index (χ4n) is 9.32. The van der Waals surface area contributed by atoms with Crippen LogP contribution in [0.1, 0.15) is 25.0 Å². The van der Waals surface area contributed by atoms with Crippen LogP contribution < -0.4 is 4.90 Å². The van der Waals surface area contributed by atoms with Gasteiger partial charge in [-0.2, -0.15) is 0 Å². The van der Waals surface area contributed by atoms with E-state index in [-0.39, 0.29) is 5.41 Å². The molecule has 0 saturated heterocycles. The quantitative estimate of drug-likeness (QED) is 0.169. The molecule has 57 heavy (non-hydrogen) atoms. The average Bonchev–Trinajstić information content (AvgIpc) is 3.75. The predicted octanol–water partition coefficient (Wildman–Crippen LogP) is 15.5. The summed E-state index contributed by atoms with van der Waals surface area (Å²) >= 11 is 0. The average molecular weight is 730 g/mol. The van der Waals surface area contributed by atoms with Crippen LogP contribution in [0.4, 0.5) is 17.1 Å². The van der Waals surface area contributed by atoms with E-state index in [1.165, 1.54) is 55.3 Å². The number of hydrogen-bond donors (Lipinski definition) is 0. The van der Waals surface area contributed by atoms with Crippen LogP contribution in [0.3, 0.4) is 0 Å². The van der Waals surface area contributed by atoms with E-state index in [0.717, 1.165) is 50.1 Å². The van der Waals surface area contributed by atoms with Crippen LogP contribution in [0.15, 0.2) is 205 Å². The lowest BCUT2D eigenvalue weighted by atomic mass is 9.82. The van der Waals surface area contributed by atoms with E-state index in [9.17, 15) is 0 Å². The maximum atomic E-state index is 6.35. The number of para-hydroxylation sites is 2. The Morgan fingerprint density at radius 1 is 0.386 bits per heavy atom. The molecule has 270 valence electrons. The zero-order valence-electron chi connectivity index (χ0n) is 31.9. The molecule has 0 saturated carbocycles. The number of fused-ring (bicyclic) bond motifs is 7. The zero-order chi connectivity index (χ0) is 38.1. The first-order valence-corrected chi connectivity index (χ1v) is 19.8. The lowest BCUT2D eigenvalue weighted by molar-refractivity contribution is 0.660. The summed E-state index contributed by atoms with van der Waals surface area (Å²) in [5, 5.41) is 4.75. The monoisotopic (exact) mass is 729 g/mol. The third-order valence-electron chi connectivity index (χ3n) is 12.1. The third kappa shape index (κ3) is 5.33. The third-order valence-corrected chi connectivity index (χ3v) is 12.1. The van der Waals surface area contributed by atoms with Gasteiger partial charge in [0.25, 0.3) is 0 Å². The van der Waals surface area contributed by atoms with Gasteiger partial charge in [0.1, 0.15) is 11.2 Å². The van der Waals surface area contributed by atoms with Gasteiger partial charge in [0.15, 0.2) is 0 Å². The molecule has 0 unspecified atom stereocenters. The molecule has 1 aliphatic rings. The van der Waals surface area contributed by atoms with Crippen molar-refractivity contribution in [3.05, 3.63) is 211 Å². The number of anilines is 3. The number of hydrogen-bond acceptors (Lipinski definition) is 2. The first-order chi connectivity index (χ1) is 28.0. The Labute approximate surface area is 332 Å². The van der Waals surface area contributed by atoms with Gasteiger partial charge in [0.2, 0.25) is 0 Å². The molecule has 1 aromatic heterocycles. The molecule has 0 atom stereocenters. The molecule has 2 nitrogen and oxygen atoms in total. The molecule has 9 aromatic carbocycles. The van der Waals surface area contributed by atoms with Gasteiger partial charge < -0.3 is 9.32 Å². The highest BCUT2D eigenvalue weighted by atomic mass is 16.3. The van der Waals surface area contributed by atoms with E-state index in [4.69, 9.17) is 4.42 Å². The van der Waals surface area contributed by atoms with Crippen LogP contribution in [0.5, 0.6) is 0 Å². The van der Waals surface area contributed by atoms with Gasteiger partial charge in [0.05, 0.1) is 5.69 Å². The van der Waals surface area contributed by atoms with E-state index < -0.39 is 0 Å². The molecule has 11 rings (SSSR count). The minimum atomic E-state index is -0.0986. The largest absolute Gasteiger partial charge is 0.456 e. The Morgan fingerprint density at radius 2 is 0.965 bits per heavy atom. The van der Waals surface area contributed by atoms with Crippen molar-refractivity contribution < 1.29 is 4.42 Å². The number of nitrogens with zero attached hydrogens (tertiary/aromatic N) is 1. The molecule has 0 fully saturated rings. The Hall–Kier alpha value is -7.16. The second-order valence-corrected chi connectivity index (χ2v) is 15.7. The summed E-state index contributed by atoms with van der Waals surface area (Å²) in [5.41, 5.74) is 17.4. The Morgan fingerprint density at radius 3 is 1.84 bits per heavy atom. The standard InChI is InChI=1S/C55H39NO/c1-55(2)49-27-8-5-24-48(49)54-47(26-14-28-50(54)55)44-22-6-9-29-51(44)56(41-20-12-18-39(34-41)43-25-13-16-36-15-3-4-21-42(36)43)40-19-11-17-37(33-40)38-31-32-46-45-23-7-10-30-52(45)57-53(46)35-38/h3-35H,1-2H3. The minimum absolute atomic E-state index is 0.0986. The van der Waals surface area contributed by atoms with Gasteiger partial charge in [-0.3, -0.25) is 0 Å². The van der Waals surface area contributed by atoms with Crippen molar-refractivity contribution in [1.29, 1.82) is 0 Å². The van der Waals surface area contributed by atoms with Crippen LogP contribution in [0.25, 0.3) is 77.2 Å². The lowest BCUT2D eigenvalue weighted by Crippen LogP contribution is -2.15. The number of furan rings is 1. The molecule has 0 bridgehead atoms. The topological polar surface area (TPSA) is 16.4 Å². The van der Waals surface area contributed by atoms with E-state index in [1.54, 1.807) is 0 Å². The molecule has 0 radical (unpaired) electrons.